The van der Waals surface area contributed by atoms with Gasteiger partial charge in [-0.3, -0.25) is 0 Å². The number of nitrogens with zero attached hydrogens (tertiary/aromatic N) is 2. The fourth-order valence-corrected chi connectivity index (χ4v) is 1.90. The molecule has 0 amide bonds. The Morgan fingerprint density at radius 1 is 1.17 bits per heavy atom. The number of benzene rings is 1. The van der Waals surface area contributed by atoms with E-state index in [1.807, 2.05) is 24.3 Å². The standard InChI is InChI=1S/C13H8N2O3/c16-15(17)13-5-4-9(8-14-13)10-2-1-3-12-11(10)6-7-18-12/h1-8H. The molecule has 88 valence electrons. The van der Waals surface area contributed by atoms with Gasteiger partial charge in [0.1, 0.15) is 11.8 Å². The summed E-state index contributed by atoms with van der Waals surface area (Å²) in [6.45, 7) is 0. The molecule has 2 heterocycles. The molecular weight excluding hydrogens is 232 g/mol. The van der Waals surface area contributed by atoms with Crippen LogP contribution in [0.15, 0.2) is 53.3 Å². The van der Waals surface area contributed by atoms with Gasteiger partial charge in [-0.15, -0.1) is 0 Å². The minimum Gasteiger partial charge on any atom is -0.464 e. The Labute approximate surface area is 102 Å². The van der Waals surface area contributed by atoms with E-state index < -0.39 is 4.92 Å². The van der Waals surface area contributed by atoms with E-state index in [-0.39, 0.29) is 5.82 Å². The molecular formula is C13H8N2O3. The van der Waals surface area contributed by atoms with Gasteiger partial charge >= 0.3 is 5.82 Å². The van der Waals surface area contributed by atoms with E-state index in [1.165, 1.54) is 12.3 Å². The van der Waals surface area contributed by atoms with Crippen molar-refractivity contribution in [1.29, 1.82) is 0 Å². The van der Waals surface area contributed by atoms with Crippen LogP contribution in [0.25, 0.3) is 22.1 Å². The third-order valence-corrected chi connectivity index (χ3v) is 2.74. The van der Waals surface area contributed by atoms with Crippen molar-refractivity contribution in [3.05, 3.63) is 59.0 Å². The normalized spacial score (nSPS) is 10.7. The summed E-state index contributed by atoms with van der Waals surface area (Å²) < 4.78 is 5.31. The van der Waals surface area contributed by atoms with Crippen LogP contribution in [0, 0.1) is 10.1 Å². The SMILES string of the molecule is O=[N+]([O-])c1ccc(-c2cccc3occc23)cn1. The molecule has 5 heteroatoms. The molecule has 0 fully saturated rings. The summed E-state index contributed by atoms with van der Waals surface area (Å²) in [5.41, 5.74) is 2.56. The zero-order valence-electron chi connectivity index (χ0n) is 9.24. The number of fused-ring (bicyclic) bond motifs is 1. The van der Waals surface area contributed by atoms with E-state index in [2.05, 4.69) is 4.98 Å². The number of nitro groups is 1. The van der Waals surface area contributed by atoms with E-state index in [1.54, 1.807) is 12.3 Å². The molecule has 0 saturated heterocycles. The first kappa shape index (κ1) is 10.5. The fraction of sp³-hybridized carbons (Fsp3) is 0. The first-order chi connectivity index (χ1) is 8.75. The van der Waals surface area contributed by atoms with E-state index >= 15 is 0 Å². The summed E-state index contributed by atoms with van der Waals surface area (Å²) in [6, 6.07) is 10.6. The molecule has 0 atom stereocenters. The Morgan fingerprint density at radius 2 is 2.06 bits per heavy atom. The lowest BCUT2D eigenvalue weighted by atomic mass is 10.0. The van der Waals surface area contributed by atoms with Gasteiger partial charge in [-0.05, 0) is 33.7 Å². The minimum absolute atomic E-state index is 0.155. The first-order valence-corrected chi connectivity index (χ1v) is 5.33. The van der Waals surface area contributed by atoms with Crippen LogP contribution in [-0.4, -0.2) is 9.91 Å². The van der Waals surface area contributed by atoms with E-state index in [0.717, 1.165) is 22.1 Å². The van der Waals surface area contributed by atoms with Gasteiger partial charge in [0.05, 0.1) is 6.26 Å². The molecule has 0 saturated carbocycles. The maximum atomic E-state index is 10.5. The third kappa shape index (κ3) is 1.62. The predicted molar refractivity (Wildman–Crippen MR) is 66.1 cm³/mol. The molecule has 1 aromatic carbocycles. The van der Waals surface area contributed by atoms with Crippen LogP contribution in [0.1, 0.15) is 0 Å². The number of hydrogen-bond acceptors (Lipinski definition) is 4. The van der Waals surface area contributed by atoms with Crippen LogP contribution >= 0.6 is 0 Å². The van der Waals surface area contributed by atoms with Crippen LogP contribution in [0.2, 0.25) is 0 Å². The molecule has 0 radical (unpaired) electrons. The second kappa shape index (κ2) is 3.96. The molecule has 0 unspecified atom stereocenters. The summed E-state index contributed by atoms with van der Waals surface area (Å²) in [5, 5.41) is 11.5. The van der Waals surface area contributed by atoms with Gasteiger partial charge in [0.15, 0.2) is 0 Å². The molecule has 3 aromatic rings. The van der Waals surface area contributed by atoms with Crippen molar-refractivity contribution in [1.82, 2.24) is 4.98 Å². The Kier molecular flexibility index (Phi) is 2.30. The predicted octanol–water partition coefficient (Wildman–Crippen LogP) is 3.40. The van der Waals surface area contributed by atoms with Gasteiger partial charge in [-0.1, -0.05) is 12.1 Å². The second-order valence-corrected chi connectivity index (χ2v) is 3.80. The van der Waals surface area contributed by atoms with Crippen LogP contribution in [0.3, 0.4) is 0 Å². The molecule has 0 aliphatic rings. The lowest BCUT2D eigenvalue weighted by molar-refractivity contribution is -0.389. The van der Waals surface area contributed by atoms with Crippen molar-refractivity contribution < 1.29 is 9.34 Å². The van der Waals surface area contributed by atoms with Gasteiger partial charge in [-0.25, -0.2) is 0 Å². The molecule has 5 nitrogen and oxygen atoms in total. The van der Waals surface area contributed by atoms with Crippen molar-refractivity contribution in [3.8, 4) is 11.1 Å². The molecule has 0 bridgehead atoms. The summed E-state index contributed by atoms with van der Waals surface area (Å²) >= 11 is 0. The Morgan fingerprint density at radius 3 is 2.78 bits per heavy atom. The zero-order chi connectivity index (χ0) is 12.5. The Bertz CT molecular complexity index is 716. The van der Waals surface area contributed by atoms with Crippen LogP contribution < -0.4 is 0 Å². The van der Waals surface area contributed by atoms with Crippen LogP contribution in [-0.2, 0) is 0 Å². The lowest BCUT2D eigenvalue weighted by Gasteiger charge is -2.00. The summed E-state index contributed by atoms with van der Waals surface area (Å²) in [5.74, 6) is -0.155. The molecule has 0 spiro atoms. The van der Waals surface area contributed by atoms with Crippen molar-refractivity contribution in [2.75, 3.05) is 0 Å². The van der Waals surface area contributed by atoms with Crippen molar-refractivity contribution in [2.45, 2.75) is 0 Å². The van der Waals surface area contributed by atoms with Gasteiger partial charge < -0.3 is 14.5 Å². The lowest BCUT2D eigenvalue weighted by Crippen LogP contribution is -1.91. The maximum absolute atomic E-state index is 10.5. The van der Waals surface area contributed by atoms with Crippen molar-refractivity contribution in [3.63, 3.8) is 0 Å². The average Bonchev–Trinajstić information content (AvgIpc) is 2.87. The maximum Gasteiger partial charge on any atom is 0.363 e. The summed E-state index contributed by atoms with van der Waals surface area (Å²) in [6.07, 6.45) is 3.12. The number of furan rings is 1. The summed E-state index contributed by atoms with van der Waals surface area (Å²) in [7, 11) is 0. The third-order valence-electron chi connectivity index (χ3n) is 2.74. The molecule has 3 rings (SSSR count). The second-order valence-electron chi connectivity index (χ2n) is 3.80. The average molecular weight is 240 g/mol. The first-order valence-electron chi connectivity index (χ1n) is 5.33. The highest BCUT2D eigenvalue weighted by molar-refractivity contribution is 5.93. The fourth-order valence-electron chi connectivity index (χ4n) is 1.90. The van der Waals surface area contributed by atoms with E-state index in [0.29, 0.717) is 0 Å². The highest BCUT2D eigenvalue weighted by Gasteiger charge is 2.10. The van der Waals surface area contributed by atoms with Crippen LogP contribution in [0.4, 0.5) is 5.82 Å². The van der Waals surface area contributed by atoms with Crippen molar-refractivity contribution in [2.24, 2.45) is 0 Å². The minimum atomic E-state index is -0.512. The Hall–Kier alpha value is -2.69. The van der Waals surface area contributed by atoms with Crippen molar-refractivity contribution >= 4 is 16.8 Å². The van der Waals surface area contributed by atoms with E-state index in [4.69, 9.17) is 4.42 Å². The summed E-state index contributed by atoms with van der Waals surface area (Å²) in [4.78, 5) is 13.9. The Balaban J connectivity index is 2.14. The zero-order valence-corrected chi connectivity index (χ0v) is 9.24. The highest BCUT2D eigenvalue weighted by atomic mass is 16.6. The molecule has 0 aliphatic heterocycles. The monoisotopic (exact) mass is 240 g/mol. The van der Waals surface area contributed by atoms with Crippen LogP contribution in [0.5, 0.6) is 0 Å². The number of aromatic nitrogens is 1. The smallest absolute Gasteiger partial charge is 0.363 e. The van der Waals surface area contributed by atoms with Gasteiger partial charge in [0.2, 0.25) is 0 Å². The quantitative estimate of drug-likeness (QED) is 0.508. The highest BCUT2D eigenvalue weighted by Crippen LogP contribution is 2.29. The number of rotatable bonds is 2. The molecule has 0 N–H and O–H groups in total. The molecule has 18 heavy (non-hydrogen) atoms. The van der Waals surface area contributed by atoms with E-state index in [9.17, 15) is 10.1 Å². The van der Waals surface area contributed by atoms with Gasteiger partial charge in [0, 0.05) is 17.0 Å². The number of pyridine rings is 1. The topological polar surface area (TPSA) is 69.2 Å². The van der Waals surface area contributed by atoms with Gasteiger partial charge in [-0.2, -0.15) is 0 Å². The largest absolute Gasteiger partial charge is 0.464 e. The molecule has 0 aliphatic carbocycles. The molecule has 2 aromatic heterocycles. The van der Waals surface area contributed by atoms with Gasteiger partial charge in [0.25, 0.3) is 0 Å². The number of hydrogen-bond donors (Lipinski definition) is 0.